The fraction of sp³-hybridized carbons (Fsp3) is 0.333. The van der Waals surface area contributed by atoms with Gasteiger partial charge in [0.05, 0.1) is 17.2 Å². The monoisotopic (exact) mass is 348 g/mol. The maximum atomic E-state index is 12.6. The average molecular weight is 348 g/mol. The van der Waals surface area contributed by atoms with Crippen molar-refractivity contribution in [1.82, 2.24) is 14.5 Å². The number of piperazine rings is 1. The van der Waals surface area contributed by atoms with Crippen molar-refractivity contribution in [2.45, 2.75) is 13.5 Å². The molecule has 0 N–H and O–H groups in total. The first kappa shape index (κ1) is 16.8. The van der Waals surface area contributed by atoms with Crippen molar-refractivity contribution in [2.24, 2.45) is 0 Å². The number of rotatable bonds is 4. The highest BCUT2D eigenvalue weighted by Crippen LogP contribution is 2.20. The van der Waals surface area contributed by atoms with E-state index in [4.69, 9.17) is 0 Å². The Hall–Kier alpha value is -2.66. The zero-order chi connectivity index (χ0) is 17.9. The first-order valence-corrected chi connectivity index (χ1v) is 9.19. The third kappa shape index (κ3) is 3.35. The zero-order valence-corrected chi connectivity index (χ0v) is 15.1. The molecule has 5 heteroatoms. The average Bonchev–Trinajstić information content (AvgIpc) is 2.69. The quantitative estimate of drug-likeness (QED) is 0.727. The van der Waals surface area contributed by atoms with Gasteiger partial charge >= 0.3 is 0 Å². The standard InChI is InChI=1S/C21H24N4O/c1-17-6-2-5-9-20(17)24-13-10-23(11-14-24)12-15-25-16-22-19-8-4-3-7-18(19)21(25)26/h2-9,16H,10-15H2,1H3. The predicted molar refractivity (Wildman–Crippen MR) is 106 cm³/mol. The van der Waals surface area contributed by atoms with Gasteiger partial charge in [-0.05, 0) is 30.7 Å². The van der Waals surface area contributed by atoms with Crippen molar-refractivity contribution >= 4 is 16.6 Å². The van der Waals surface area contributed by atoms with Crippen LogP contribution < -0.4 is 10.5 Å². The molecule has 0 saturated carbocycles. The molecule has 0 bridgehead atoms. The summed E-state index contributed by atoms with van der Waals surface area (Å²) in [5, 5.41) is 0.694. The van der Waals surface area contributed by atoms with Crippen molar-refractivity contribution in [3.63, 3.8) is 0 Å². The SMILES string of the molecule is Cc1ccccc1N1CCN(CCn2cnc3ccccc3c2=O)CC1. The molecule has 0 amide bonds. The van der Waals surface area contributed by atoms with E-state index in [0.717, 1.165) is 38.2 Å². The molecule has 1 saturated heterocycles. The Kier molecular flexibility index (Phi) is 4.71. The summed E-state index contributed by atoms with van der Waals surface area (Å²) in [7, 11) is 0. The molecule has 1 aliphatic rings. The maximum absolute atomic E-state index is 12.6. The minimum absolute atomic E-state index is 0.0501. The van der Waals surface area contributed by atoms with E-state index in [9.17, 15) is 4.79 Å². The van der Waals surface area contributed by atoms with E-state index in [0.29, 0.717) is 11.9 Å². The third-order valence-electron chi connectivity index (χ3n) is 5.22. The van der Waals surface area contributed by atoms with Crippen LogP contribution in [-0.2, 0) is 6.54 Å². The van der Waals surface area contributed by atoms with Crippen molar-refractivity contribution in [2.75, 3.05) is 37.6 Å². The van der Waals surface area contributed by atoms with Gasteiger partial charge in [0.15, 0.2) is 0 Å². The minimum atomic E-state index is 0.0501. The lowest BCUT2D eigenvalue weighted by atomic mass is 10.1. The van der Waals surface area contributed by atoms with E-state index in [1.165, 1.54) is 11.3 Å². The van der Waals surface area contributed by atoms with E-state index in [1.54, 1.807) is 10.9 Å². The van der Waals surface area contributed by atoms with Crippen LogP contribution in [-0.4, -0.2) is 47.2 Å². The molecule has 2 heterocycles. The second kappa shape index (κ2) is 7.30. The second-order valence-electron chi connectivity index (χ2n) is 6.88. The fourth-order valence-corrected chi connectivity index (χ4v) is 3.65. The maximum Gasteiger partial charge on any atom is 0.261 e. The summed E-state index contributed by atoms with van der Waals surface area (Å²) in [5.41, 5.74) is 3.48. The van der Waals surface area contributed by atoms with Crippen LogP contribution in [0.4, 0.5) is 5.69 Å². The first-order valence-electron chi connectivity index (χ1n) is 9.19. The van der Waals surface area contributed by atoms with E-state index >= 15 is 0 Å². The van der Waals surface area contributed by atoms with Gasteiger partial charge in [0, 0.05) is 45.0 Å². The first-order chi connectivity index (χ1) is 12.7. The Balaban J connectivity index is 1.38. The van der Waals surface area contributed by atoms with E-state index in [2.05, 4.69) is 46.0 Å². The van der Waals surface area contributed by atoms with Gasteiger partial charge in [-0.1, -0.05) is 30.3 Å². The summed E-state index contributed by atoms with van der Waals surface area (Å²) in [5.74, 6) is 0. The molecule has 1 fully saturated rings. The van der Waals surface area contributed by atoms with Gasteiger partial charge in [0.2, 0.25) is 0 Å². The van der Waals surface area contributed by atoms with Crippen molar-refractivity contribution in [3.8, 4) is 0 Å². The van der Waals surface area contributed by atoms with Gasteiger partial charge < -0.3 is 4.90 Å². The molecule has 0 atom stereocenters. The van der Waals surface area contributed by atoms with Gasteiger partial charge in [-0.25, -0.2) is 4.98 Å². The lowest BCUT2D eigenvalue weighted by Gasteiger charge is -2.36. The van der Waals surface area contributed by atoms with Crippen LogP contribution in [0, 0.1) is 6.92 Å². The molecule has 2 aromatic carbocycles. The topological polar surface area (TPSA) is 41.4 Å². The highest BCUT2D eigenvalue weighted by atomic mass is 16.1. The molecular weight excluding hydrogens is 324 g/mol. The molecule has 0 unspecified atom stereocenters. The lowest BCUT2D eigenvalue weighted by Crippen LogP contribution is -2.47. The van der Waals surface area contributed by atoms with E-state index in [1.807, 2.05) is 24.3 Å². The summed E-state index contributed by atoms with van der Waals surface area (Å²) in [6.45, 7) is 7.81. The molecule has 26 heavy (non-hydrogen) atoms. The molecule has 4 rings (SSSR count). The molecule has 0 spiro atoms. The number of hydrogen-bond donors (Lipinski definition) is 0. The molecule has 1 aromatic heterocycles. The summed E-state index contributed by atoms with van der Waals surface area (Å²) in [6.07, 6.45) is 1.67. The van der Waals surface area contributed by atoms with Crippen LogP contribution >= 0.6 is 0 Å². The van der Waals surface area contributed by atoms with Crippen LogP contribution in [0.2, 0.25) is 0 Å². The number of fused-ring (bicyclic) bond motifs is 1. The smallest absolute Gasteiger partial charge is 0.261 e. The van der Waals surface area contributed by atoms with Gasteiger partial charge in [0.1, 0.15) is 0 Å². The van der Waals surface area contributed by atoms with Crippen molar-refractivity contribution in [3.05, 3.63) is 70.8 Å². The number of aromatic nitrogens is 2. The number of aryl methyl sites for hydroxylation is 1. The Morgan fingerprint density at radius 2 is 1.65 bits per heavy atom. The van der Waals surface area contributed by atoms with Crippen LogP contribution in [0.3, 0.4) is 0 Å². The molecule has 134 valence electrons. The van der Waals surface area contributed by atoms with E-state index in [-0.39, 0.29) is 5.56 Å². The third-order valence-corrected chi connectivity index (χ3v) is 5.22. The Morgan fingerprint density at radius 3 is 2.46 bits per heavy atom. The number of nitrogens with zero attached hydrogens (tertiary/aromatic N) is 4. The fourth-order valence-electron chi connectivity index (χ4n) is 3.65. The molecule has 3 aromatic rings. The molecule has 5 nitrogen and oxygen atoms in total. The second-order valence-corrected chi connectivity index (χ2v) is 6.88. The summed E-state index contributed by atoms with van der Waals surface area (Å²) >= 11 is 0. The van der Waals surface area contributed by atoms with Crippen LogP contribution in [0.25, 0.3) is 10.9 Å². The summed E-state index contributed by atoms with van der Waals surface area (Å²) in [4.78, 5) is 21.9. The molecular formula is C21H24N4O. The molecule has 0 radical (unpaired) electrons. The Morgan fingerprint density at radius 1 is 0.923 bits per heavy atom. The Bertz CT molecular complexity index is 957. The van der Waals surface area contributed by atoms with Gasteiger partial charge in [-0.3, -0.25) is 14.3 Å². The van der Waals surface area contributed by atoms with Crippen LogP contribution in [0.1, 0.15) is 5.56 Å². The Labute approximate surface area is 153 Å². The summed E-state index contributed by atoms with van der Waals surface area (Å²) in [6, 6.07) is 16.1. The number of anilines is 1. The van der Waals surface area contributed by atoms with E-state index < -0.39 is 0 Å². The van der Waals surface area contributed by atoms with Crippen molar-refractivity contribution < 1.29 is 0 Å². The number of hydrogen-bond acceptors (Lipinski definition) is 4. The molecule has 1 aliphatic heterocycles. The summed E-state index contributed by atoms with van der Waals surface area (Å²) < 4.78 is 1.73. The van der Waals surface area contributed by atoms with Crippen LogP contribution in [0.5, 0.6) is 0 Å². The minimum Gasteiger partial charge on any atom is -0.369 e. The predicted octanol–water partition coefficient (Wildman–Crippen LogP) is 2.53. The zero-order valence-electron chi connectivity index (χ0n) is 15.1. The number of benzene rings is 2. The van der Waals surface area contributed by atoms with Crippen LogP contribution in [0.15, 0.2) is 59.7 Å². The van der Waals surface area contributed by atoms with Gasteiger partial charge in [0.25, 0.3) is 5.56 Å². The number of para-hydroxylation sites is 2. The largest absolute Gasteiger partial charge is 0.369 e. The molecule has 0 aliphatic carbocycles. The highest BCUT2D eigenvalue weighted by molar-refractivity contribution is 5.76. The normalized spacial score (nSPS) is 15.5. The highest BCUT2D eigenvalue weighted by Gasteiger charge is 2.18. The lowest BCUT2D eigenvalue weighted by molar-refractivity contribution is 0.247. The van der Waals surface area contributed by atoms with Gasteiger partial charge in [-0.15, -0.1) is 0 Å². The van der Waals surface area contributed by atoms with Crippen molar-refractivity contribution in [1.29, 1.82) is 0 Å². The van der Waals surface area contributed by atoms with Gasteiger partial charge in [-0.2, -0.15) is 0 Å².